The minimum absolute atomic E-state index is 0.0490. The Kier molecular flexibility index (Phi) is 4.22. The lowest BCUT2D eigenvalue weighted by molar-refractivity contribution is 0.0919. The number of anilines is 1. The van der Waals surface area contributed by atoms with Crippen molar-refractivity contribution < 1.29 is 9.90 Å². The van der Waals surface area contributed by atoms with E-state index in [2.05, 4.69) is 22.8 Å². The van der Waals surface area contributed by atoms with Gasteiger partial charge in [-0.2, -0.15) is 0 Å². The van der Waals surface area contributed by atoms with Gasteiger partial charge in [0.1, 0.15) is 5.75 Å². The lowest BCUT2D eigenvalue weighted by atomic mass is 9.76. The first kappa shape index (κ1) is 17.7. The van der Waals surface area contributed by atoms with Crippen LogP contribution in [0.1, 0.15) is 60.6 Å². The molecule has 1 aliphatic carbocycles. The van der Waals surface area contributed by atoms with Gasteiger partial charge in [-0.05, 0) is 62.9 Å². The lowest BCUT2D eigenvalue weighted by Crippen LogP contribution is -2.40. The molecule has 1 aliphatic heterocycles. The summed E-state index contributed by atoms with van der Waals surface area (Å²) in [5.41, 5.74) is 3.53. The highest BCUT2D eigenvalue weighted by molar-refractivity contribution is 5.95. The average Bonchev–Trinajstić information content (AvgIpc) is 3.10. The zero-order valence-corrected chi connectivity index (χ0v) is 16.0. The molecule has 0 saturated carbocycles. The highest BCUT2D eigenvalue weighted by Gasteiger charge is 2.39. The van der Waals surface area contributed by atoms with Crippen molar-refractivity contribution in [1.82, 2.24) is 5.32 Å². The molecule has 3 atom stereocenters. The van der Waals surface area contributed by atoms with Gasteiger partial charge >= 0.3 is 0 Å². The summed E-state index contributed by atoms with van der Waals surface area (Å²) in [6.45, 7) is 5.95. The first-order chi connectivity index (χ1) is 12.8. The van der Waals surface area contributed by atoms with Gasteiger partial charge < -0.3 is 15.7 Å². The summed E-state index contributed by atoms with van der Waals surface area (Å²) < 4.78 is 0. The highest BCUT2D eigenvalue weighted by atomic mass is 16.3. The number of allylic oxidation sites excluding steroid dienone is 2. The summed E-state index contributed by atoms with van der Waals surface area (Å²) in [6.07, 6.45) is 5.40. The maximum absolute atomic E-state index is 12.6. The highest BCUT2D eigenvalue weighted by Crippen LogP contribution is 2.51. The first-order valence-corrected chi connectivity index (χ1v) is 9.51. The molecule has 1 heterocycles. The molecule has 27 heavy (non-hydrogen) atoms. The molecule has 3 N–H and O–H groups in total. The topological polar surface area (TPSA) is 61.4 Å². The molecular formula is C23H26N2O2. The molecule has 1 amide bonds. The van der Waals surface area contributed by atoms with E-state index in [0.717, 1.165) is 23.2 Å². The largest absolute Gasteiger partial charge is 0.508 e. The molecule has 2 aliphatic rings. The molecule has 2 aromatic carbocycles. The van der Waals surface area contributed by atoms with Crippen LogP contribution in [-0.2, 0) is 0 Å². The van der Waals surface area contributed by atoms with Crippen LogP contribution in [0.25, 0.3) is 0 Å². The molecule has 0 fully saturated rings. The molecule has 0 spiro atoms. The molecule has 140 valence electrons. The number of phenolic OH excluding ortho intramolecular Hbond substituents is 1. The van der Waals surface area contributed by atoms with Crippen molar-refractivity contribution in [2.75, 3.05) is 5.32 Å². The molecule has 0 saturated heterocycles. The molecule has 4 nitrogen and oxygen atoms in total. The lowest BCUT2D eigenvalue weighted by Gasteiger charge is -2.38. The number of nitrogens with one attached hydrogen (secondary N) is 2. The van der Waals surface area contributed by atoms with E-state index in [1.54, 1.807) is 6.07 Å². The van der Waals surface area contributed by atoms with Crippen molar-refractivity contribution in [2.24, 2.45) is 5.92 Å². The zero-order valence-electron chi connectivity index (χ0n) is 16.0. The molecule has 4 rings (SSSR count). The monoisotopic (exact) mass is 362 g/mol. The quantitative estimate of drug-likeness (QED) is 0.676. The number of hydrogen-bond acceptors (Lipinski definition) is 3. The van der Waals surface area contributed by atoms with E-state index < -0.39 is 0 Å². The minimum Gasteiger partial charge on any atom is -0.508 e. The third-order valence-electron chi connectivity index (χ3n) is 5.39. The average molecular weight is 362 g/mol. The Morgan fingerprint density at radius 3 is 2.67 bits per heavy atom. The Labute approximate surface area is 160 Å². The summed E-state index contributed by atoms with van der Waals surface area (Å²) in [7, 11) is 0. The standard InChI is InChI=1S/C23H26N2O2/c1-23(2,3)25-22(27)14-11-12-19-18(13-14)15-8-6-9-16(15)21(24-19)17-7-4-5-10-20(17)26/h4-8,10-13,15-16,21,24,26H,9H2,1-3H3,(H,25,27). The third-order valence-corrected chi connectivity index (χ3v) is 5.39. The molecule has 0 radical (unpaired) electrons. The Morgan fingerprint density at radius 1 is 1.15 bits per heavy atom. The maximum atomic E-state index is 12.6. The van der Waals surface area contributed by atoms with Crippen LogP contribution in [0.5, 0.6) is 5.75 Å². The molecular weight excluding hydrogens is 336 g/mol. The number of benzene rings is 2. The summed E-state index contributed by atoms with van der Waals surface area (Å²) in [6, 6.07) is 13.5. The number of phenols is 1. The second-order valence-corrected chi connectivity index (χ2v) is 8.54. The fourth-order valence-electron chi connectivity index (χ4n) is 4.21. The van der Waals surface area contributed by atoms with Gasteiger partial charge in [0.15, 0.2) is 0 Å². The predicted molar refractivity (Wildman–Crippen MR) is 108 cm³/mol. The van der Waals surface area contributed by atoms with Gasteiger partial charge in [-0.25, -0.2) is 0 Å². The summed E-state index contributed by atoms with van der Waals surface area (Å²) in [4.78, 5) is 12.6. The second kappa shape index (κ2) is 6.45. The van der Waals surface area contributed by atoms with Gasteiger partial charge in [-0.1, -0.05) is 30.4 Å². The van der Waals surface area contributed by atoms with Gasteiger partial charge in [0, 0.05) is 28.3 Å². The smallest absolute Gasteiger partial charge is 0.251 e. The Hall–Kier alpha value is -2.75. The van der Waals surface area contributed by atoms with E-state index in [1.165, 1.54) is 0 Å². The van der Waals surface area contributed by atoms with E-state index in [9.17, 15) is 9.90 Å². The Balaban J connectivity index is 1.70. The number of carbonyl (C=O) groups is 1. The van der Waals surface area contributed by atoms with E-state index >= 15 is 0 Å². The summed E-state index contributed by atoms with van der Waals surface area (Å²) >= 11 is 0. The van der Waals surface area contributed by atoms with Crippen LogP contribution >= 0.6 is 0 Å². The van der Waals surface area contributed by atoms with Gasteiger partial charge in [0.2, 0.25) is 0 Å². The SMILES string of the molecule is CC(C)(C)NC(=O)c1ccc2c(c1)C1C=CCC1C(c1ccccc1O)N2. The van der Waals surface area contributed by atoms with Crippen molar-refractivity contribution >= 4 is 11.6 Å². The number of amides is 1. The van der Waals surface area contributed by atoms with Crippen LogP contribution < -0.4 is 10.6 Å². The van der Waals surface area contributed by atoms with E-state index in [1.807, 2.05) is 57.2 Å². The van der Waals surface area contributed by atoms with Gasteiger partial charge in [-0.15, -0.1) is 0 Å². The number of carbonyl (C=O) groups excluding carboxylic acids is 1. The fraction of sp³-hybridized carbons (Fsp3) is 0.348. The van der Waals surface area contributed by atoms with Crippen molar-refractivity contribution in [2.45, 2.75) is 44.7 Å². The maximum Gasteiger partial charge on any atom is 0.251 e. The number of aromatic hydroxyl groups is 1. The zero-order chi connectivity index (χ0) is 19.2. The third kappa shape index (κ3) is 3.32. The van der Waals surface area contributed by atoms with Crippen molar-refractivity contribution in [3.8, 4) is 5.75 Å². The Bertz CT molecular complexity index is 911. The van der Waals surface area contributed by atoms with Crippen LogP contribution in [-0.4, -0.2) is 16.6 Å². The minimum atomic E-state index is -0.267. The van der Waals surface area contributed by atoms with Crippen molar-refractivity contribution in [3.05, 3.63) is 71.3 Å². The number of rotatable bonds is 2. The number of fused-ring (bicyclic) bond motifs is 3. The van der Waals surface area contributed by atoms with Crippen molar-refractivity contribution in [3.63, 3.8) is 0 Å². The van der Waals surface area contributed by atoms with Crippen LogP contribution in [0, 0.1) is 5.92 Å². The second-order valence-electron chi connectivity index (χ2n) is 8.54. The summed E-state index contributed by atoms with van der Waals surface area (Å²) in [5.74, 6) is 0.844. The summed E-state index contributed by atoms with van der Waals surface area (Å²) in [5, 5.41) is 17.0. The molecule has 0 aromatic heterocycles. The van der Waals surface area contributed by atoms with Gasteiger partial charge in [0.25, 0.3) is 5.91 Å². The number of para-hydroxylation sites is 1. The Morgan fingerprint density at radius 2 is 1.93 bits per heavy atom. The predicted octanol–water partition coefficient (Wildman–Crippen LogP) is 4.75. The van der Waals surface area contributed by atoms with Crippen LogP contribution in [0.4, 0.5) is 5.69 Å². The van der Waals surface area contributed by atoms with E-state index in [4.69, 9.17) is 0 Å². The van der Waals surface area contributed by atoms with Crippen LogP contribution in [0.3, 0.4) is 0 Å². The molecule has 3 unspecified atom stereocenters. The van der Waals surface area contributed by atoms with E-state index in [-0.39, 0.29) is 23.4 Å². The normalized spacial score (nSPS) is 23.3. The molecule has 4 heteroatoms. The van der Waals surface area contributed by atoms with Crippen molar-refractivity contribution in [1.29, 1.82) is 0 Å². The molecule has 2 aromatic rings. The van der Waals surface area contributed by atoms with Gasteiger partial charge in [-0.3, -0.25) is 4.79 Å². The molecule has 0 bridgehead atoms. The number of hydrogen-bond donors (Lipinski definition) is 3. The van der Waals surface area contributed by atoms with Crippen LogP contribution in [0.15, 0.2) is 54.6 Å². The van der Waals surface area contributed by atoms with E-state index in [0.29, 0.717) is 17.2 Å². The van der Waals surface area contributed by atoms with Gasteiger partial charge in [0.05, 0.1) is 6.04 Å². The first-order valence-electron chi connectivity index (χ1n) is 9.51. The van der Waals surface area contributed by atoms with Crippen LogP contribution in [0.2, 0.25) is 0 Å². The fourth-order valence-corrected chi connectivity index (χ4v) is 4.21.